The molecule has 1 aliphatic heterocycles. The van der Waals surface area contributed by atoms with E-state index in [1.54, 1.807) is 17.8 Å². The number of carbonyl (C=O) groups is 1. The summed E-state index contributed by atoms with van der Waals surface area (Å²) < 4.78 is 10.8. The van der Waals surface area contributed by atoms with E-state index in [1.165, 1.54) is 0 Å². The molecule has 21 heavy (non-hydrogen) atoms. The number of carboxylic acids is 1. The van der Waals surface area contributed by atoms with Gasteiger partial charge in [-0.1, -0.05) is 6.07 Å². The molecule has 6 nitrogen and oxygen atoms in total. The fourth-order valence-corrected chi connectivity index (χ4v) is 3.21. The Kier molecular flexibility index (Phi) is 5.31. The molecule has 2 N–H and O–H groups in total. The lowest BCUT2D eigenvalue weighted by Crippen LogP contribution is -2.33. The highest BCUT2D eigenvalue weighted by Gasteiger charge is 2.30. The van der Waals surface area contributed by atoms with Crippen molar-refractivity contribution in [2.75, 3.05) is 19.0 Å². The second-order valence-corrected chi connectivity index (χ2v) is 5.49. The van der Waals surface area contributed by atoms with Crippen LogP contribution in [0.1, 0.15) is 17.9 Å². The normalized spacial score (nSPS) is 20.8. The minimum absolute atomic E-state index is 0.0447. The summed E-state index contributed by atoms with van der Waals surface area (Å²) in [6, 6.07) is 6.80. The maximum Gasteiger partial charge on any atom is 0.321 e. The number of nitrogens with one attached hydrogen (secondary N) is 1. The summed E-state index contributed by atoms with van der Waals surface area (Å²) >= 11 is 1.54. The molecule has 1 heterocycles. The highest BCUT2D eigenvalue weighted by Crippen LogP contribution is 2.37. The number of nitriles is 1. The summed E-state index contributed by atoms with van der Waals surface area (Å²) in [5.74, 6) is 0.756. The number of ether oxygens (including phenoxy) is 2. The zero-order valence-corrected chi connectivity index (χ0v) is 12.4. The molecule has 0 aliphatic carbocycles. The van der Waals surface area contributed by atoms with Crippen LogP contribution in [0.2, 0.25) is 0 Å². The van der Waals surface area contributed by atoms with Crippen molar-refractivity contribution in [3.63, 3.8) is 0 Å². The molecule has 1 fully saturated rings. The van der Waals surface area contributed by atoms with Gasteiger partial charge in [-0.2, -0.15) is 5.26 Å². The third kappa shape index (κ3) is 3.80. The number of rotatable bonds is 6. The number of hydrogen-bond acceptors (Lipinski definition) is 6. The average molecular weight is 308 g/mol. The third-order valence-corrected chi connectivity index (χ3v) is 4.21. The smallest absolute Gasteiger partial charge is 0.321 e. The molecule has 7 heteroatoms. The van der Waals surface area contributed by atoms with Crippen molar-refractivity contribution in [3.8, 4) is 17.6 Å². The second kappa shape index (κ2) is 7.20. The standard InChI is InChI=1S/C14H16N2O4S/c1-2-19-12-7-9(3-4-11(12)20-6-5-15)13-16-10(8-21-13)14(17)18/h3-4,7,10,13,16H,2,6,8H2,1H3,(H,17,18). The van der Waals surface area contributed by atoms with E-state index in [0.717, 1.165) is 5.56 Å². The van der Waals surface area contributed by atoms with E-state index in [-0.39, 0.29) is 12.0 Å². The topological polar surface area (TPSA) is 91.6 Å². The van der Waals surface area contributed by atoms with Crippen LogP contribution in [0.4, 0.5) is 0 Å². The lowest BCUT2D eigenvalue weighted by atomic mass is 10.2. The fraction of sp³-hybridized carbons (Fsp3) is 0.429. The minimum atomic E-state index is -0.844. The number of thioether (sulfide) groups is 1. The molecule has 1 aromatic rings. The van der Waals surface area contributed by atoms with E-state index >= 15 is 0 Å². The van der Waals surface area contributed by atoms with Gasteiger partial charge in [-0.15, -0.1) is 11.8 Å². The van der Waals surface area contributed by atoms with Gasteiger partial charge in [-0.3, -0.25) is 10.1 Å². The largest absolute Gasteiger partial charge is 0.490 e. The molecule has 2 atom stereocenters. The molecule has 112 valence electrons. The number of aliphatic carboxylic acids is 1. The molecule has 1 saturated heterocycles. The molecule has 1 aliphatic rings. The van der Waals surface area contributed by atoms with Crippen LogP contribution < -0.4 is 14.8 Å². The first-order valence-electron chi connectivity index (χ1n) is 6.52. The van der Waals surface area contributed by atoms with Crippen molar-refractivity contribution in [3.05, 3.63) is 23.8 Å². The number of nitrogens with zero attached hydrogens (tertiary/aromatic N) is 1. The lowest BCUT2D eigenvalue weighted by molar-refractivity contribution is -0.138. The SMILES string of the molecule is CCOc1cc(C2NC(C(=O)O)CS2)ccc1OCC#N. The number of carboxylic acid groups (broad SMARTS) is 1. The molecule has 0 amide bonds. The minimum Gasteiger partial charge on any atom is -0.490 e. The summed E-state index contributed by atoms with van der Waals surface area (Å²) in [6.07, 6.45) is 0. The van der Waals surface area contributed by atoms with E-state index in [9.17, 15) is 4.79 Å². The van der Waals surface area contributed by atoms with Crippen LogP contribution in [0.15, 0.2) is 18.2 Å². The van der Waals surface area contributed by atoms with E-state index in [0.29, 0.717) is 23.9 Å². The molecule has 1 aromatic carbocycles. The van der Waals surface area contributed by atoms with Crippen LogP contribution >= 0.6 is 11.8 Å². The molecular weight excluding hydrogens is 292 g/mol. The van der Waals surface area contributed by atoms with Gasteiger partial charge in [0.25, 0.3) is 0 Å². The van der Waals surface area contributed by atoms with Gasteiger partial charge in [0.05, 0.1) is 12.0 Å². The molecule has 0 saturated carbocycles. The summed E-state index contributed by atoms with van der Waals surface area (Å²) in [6.45, 7) is 2.30. The van der Waals surface area contributed by atoms with E-state index in [4.69, 9.17) is 19.8 Å². The Morgan fingerprint density at radius 2 is 2.33 bits per heavy atom. The van der Waals surface area contributed by atoms with Gasteiger partial charge in [0.15, 0.2) is 18.1 Å². The van der Waals surface area contributed by atoms with Crippen LogP contribution in [-0.4, -0.2) is 36.1 Å². The summed E-state index contributed by atoms with van der Waals surface area (Å²) in [5, 5.41) is 20.5. The average Bonchev–Trinajstić information content (AvgIpc) is 2.96. The maximum absolute atomic E-state index is 11.0. The number of benzene rings is 1. The van der Waals surface area contributed by atoms with Crippen LogP contribution in [0, 0.1) is 11.3 Å². The fourth-order valence-electron chi connectivity index (χ4n) is 1.99. The van der Waals surface area contributed by atoms with Gasteiger partial charge in [0.2, 0.25) is 0 Å². The van der Waals surface area contributed by atoms with Crippen LogP contribution in [0.3, 0.4) is 0 Å². The molecule has 2 unspecified atom stereocenters. The van der Waals surface area contributed by atoms with Gasteiger partial charge < -0.3 is 14.6 Å². The summed E-state index contributed by atoms with van der Waals surface area (Å²) in [5.41, 5.74) is 0.927. The summed E-state index contributed by atoms with van der Waals surface area (Å²) in [7, 11) is 0. The monoisotopic (exact) mass is 308 g/mol. The molecule has 0 spiro atoms. The van der Waals surface area contributed by atoms with Crippen molar-refractivity contribution < 1.29 is 19.4 Å². The summed E-state index contributed by atoms with van der Waals surface area (Å²) in [4.78, 5) is 11.0. The van der Waals surface area contributed by atoms with Gasteiger partial charge in [0.1, 0.15) is 12.1 Å². The molecular formula is C14H16N2O4S. The Balaban J connectivity index is 2.16. The van der Waals surface area contributed by atoms with E-state index in [2.05, 4.69) is 5.32 Å². The van der Waals surface area contributed by atoms with Gasteiger partial charge in [0, 0.05) is 5.75 Å². The first-order chi connectivity index (χ1) is 10.2. The van der Waals surface area contributed by atoms with Crippen LogP contribution in [-0.2, 0) is 4.79 Å². The predicted octanol–water partition coefficient (Wildman–Crippen LogP) is 1.78. The predicted molar refractivity (Wildman–Crippen MR) is 78.5 cm³/mol. The van der Waals surface area contributed by atoms with Crippen LogP contribution in [0.25, 0.3) is 0 Å². The first kappa shape index (κ1) is 15.5. The Hall–Kier alpha value is -1.91. The Morgan fingerprint density at radius 1 is 1.52 bits per heavy atom. The maximum atomic E-state index is 11.0. The van der Waals surface area contributed by atoms with Gasteiger partial charge >= 0.3 is 5.97 Å². The highest BCUT2D eigenvalue weighted by atomic mass is 32.2. The lowest BCUT2D eigenvalue weighted by Gasteiger charge is -2.15. The zero-order valence-electron chi connectivity index (χ0n) is 11.5. The van der Waals surface area contributed by atoms with E-state index < -0.39 is 12.0 Å². The Morgan fingerprint density at radius 3 is 2.95 bits per heavy atom. The van der Waals surface area contributed by atoms with E-state index in [1.807, 2.05) is 25.1 Å². The molecule has 0 radical (unpaired) electrons. The van der Waals surface area contributed by atoms with Crippen LogP contribution in [0.5, 0.6) is 11.5 Å². The highest BCUT2D eigenvalue weighted by molar-refractivity contribution is 7.99. The van der Waals surface area contributed by atoms with Gasteiger partial charge in [-0.05, 0) is 24.6 Å². The van der Waals surface area contributed by atoms with Crippen molar-refractivity contribution >= 4 is 17.7 Å². The number of hydrogen-bond donors (Lipinski definition) is 2. The Labute approximate surface area is 127 Å². The molecule has 2 rings (SSSR count). The van der Waals surface area contributed by atoms with Gasteiger partial charge in [-0.25, -0.2) is 0 Å². The quantitative estimate of drug-likeness (QED) is 0.827. The third-order valence-electron chi connectivity index (χ3n) is 2.94. The second-order valence-electron chi connectivity index (χ2n) is 4.36. The zero-order chi connectivity index (χ0) is 15.2. The first-order valence-corrected chi connectivity index (χ1v) is 7.57. The van der Waals surface area contributed by atoms with Crippen molar-refractivity contribution in [1.29, 1.82) is 5.26 Å². The van der Waals surface area contributed by atoms with Crippen molar-refractivity contribution in [2.45, 2.75) is 18.3 Å². The van der Waals surface area contributed by atoms with Crippen molar-refractivity contribution in [2.24, 2.45) is 0 Å². The van der Waals surface area contributed by atoms with Crippen molar-refractivity contribution in [1.82, 2.24) is 5.32 Å². The Bertz CT molecular complexity index is 558. The molecule has 0 bridgehead atoms. The molecule has 0 aromatic heterocycles.